The molecule has 1 aromatic carbocycles. The maximum absolute atomic E-state index is 12.3. The van der Waals surface area contributed by atoms with E-state index in [-0.39, 0.29) is 5.91 Å². The Morgan fingerprint density at radius 1 is 1.50 bits per heavy atom. The summed E-state index contributed by atoms with van der Waals surface area (Å²) in [7, 11) is 0. The summed E-state index contributed by atoms with van der Waals surface area (Å²) in [6.45, 7) is 2.91. The Labute approximate surface area is 135 Å². The Kier molecular flexibility index (Phi) is 4.02. The van der Waals surface area contributed by atoms with E-state index in [0.29, 0.717) is 10.9 Å². The lowest BCUT2D eigenvalue weighted by Gasteiger charge is -2.06. The summed E-state index contributed by atoms with van der Waals surface area (Å²) in [6, 6.07) is 9.47. The minimum atomic E-state index is -0.137. The fourth-order valence-corrected chi connectivity index (χ4v) is 4.10. The van der Waals surface area contributed by atoms with Crippen LogP contribution < -0.4 is 5.32 Å². The number of fused-ring (bicyclic) bond motifs is 1. The highest BCUT2D eigenvalue weighted by Gasteiger charge is 2.28. The van der Waals surface area contributed by atoms with Gasteiger partial charge in [0.1, 0.15) is 0 Å². The van der Waals surface area contributed by atoms with Gasteiger partial charge in [0, 0.05) is 27.6 Å². The van der Waals surface area contributed by atoms with Crippen molar-refractivity contribution in [2.45, 2.75) is 23.9 Å². The average Bonchev–Trinajstić information content (AvgIpc) is 2.99. The van der Waals surface area contributed by atoms with Crippen LogP contribution in [-0.2, 0) is 6.54 Å². The first-order valence-corrected chi connectivity index (χ1v) is 8.75. The number of nitrogens with one attached hydrogen (secondary N) is 1. The maximum atomic E-state index is 12.3. The van der Waals surface area contributed by atoms with Crippen LogP contribution in [0.2, 0.25) is 0 Å². The molecule has 0 spiro atoms. The van der Waals surface area contributed by atoms with Gasteiger partial charge >= 0.3 is 0 Å². The first-order chi connectivity index (χ1) is 9.69. The van der Waals surface area contributed by atoms with E-state index in [9.17, 15) is 4.79 Å². The molecule has 20 heavy (non-hydrogen) atoms. The van der Waals surface area contributed by atoms with Gasteiger partial charge < -0.3 is 9.88 Å². The van der Waals surface area contributed by atoms with Crippen molar-refractivity contribution in [1.29, 1.82) is 0 Å². The lowest BCUT2D eigenvalue weighted by molar-refractivity contribution is 0.102. The van der Waals surface area contributed by atoms with Crippen molar-refractivity contribution in [3.63, 3.8) is 0 Å². The van der Waals surface area contributed by atoms with Gasteiger partial charge in [-0.25, -0.2) is 4.98 Å². The van der Waals surface area contributed by atoms with Crippen LogP contribution in [0.15, 0.2) is 35.5 Å². The van der Waals surface area contributed by atoms with Crippen LogP contribution in [0, 0.1) is 6.92 Å². The van der Waals surface area contributed by atoms with E-state index in [2.05, 4.69) is 37.5 Å². The molecule has 0 radical (unpaired) electrons. The molecule has 1 aromatic heterocycles. The zero-order valence-electron chi connectivity index (χ0n) is 11.0. The van der Waals surface area contributed by atoms with E-state index in [4.69, 9.17) is 0 Å². The molecule has 4 nitrogen and oxygen atoms in total. The van der Waals surface area contributed by atoms with Gasteiger partial charge in [-0.15, -0.1) is 0 Å². The molecule has 1 amide bonds. The highest BCUT2D eigenvalue weighted by atomic mass is 127. The van der Waals surface area contributed by atoms with Crippen LogP contribution in [-0.4, -0.2) is 25.1 Å². The van der Waals surface area contributed by atoms with Crippen LogP contribution in [0.1, 0.15) is 16.2 Å². The van der Waals surface area contributed by atoms with Gasteiger partial charge in [-0.05, 0) is 19.1 Å². The molecule has 3 rings (SSSR count). The van der Waals surface area contributed by atoms with Crippen molar-refractivity contribution in [2.75, 3.05) is 9.74 Å². The molecule has 0 aliphatic carbocycles. The summed E-state index contributed by atoms with van der Waals surface area (Å²) >= 11 is 4.15. The summed E-state index contributed by atoms with van der Waals surface area (Å²) in [5.41, 5.74) is 2.28. The molecule has 1 atom stereocenters. The monoisotopic (exact) mass is 399 g/mol. The van der Waals surface area contributed by atoms with Crippen molar-refractivity contribution in [2.24, 2.45) is 0 Å². The molecule has 0 saturated heterocycles. The standard InChI is InChI=1S/C14H14IN3OS/c1-9-12(13(19)16-10-5-3-2-4-6-10)17-14-18(9)8-11(7-15)20-14/h2-6,11H,7-8H2,1H3,(H,16,19). The van der Waals surface area contributed by atoms with Gasteiger partial charge in [0.25, 0.3) is 5.91 Å². The average molecular weight is 399 g/mol. The minimum absolute atomic E-state index is 0.137. The zero-order chi connectivity index (χ0) is 14.1. The second-order valence-corrected chi connectivity index (χ2v) is 6.80. The Morgan fingerprint density at radius 3 is 2.90 bits per heavy atom. The predicted octanol–water partition coefficient (Wildman–Crippen LogP) is 3.35. The number of carbonyl (C=O) groups is 1. The Hall–Kier alpha value is -1.02. The molecule has 6 heteroatoms. The molecule has 1 unspecified atom stereocenters. The summed E-state index contributed by atoms with van der Waals surface area (Å²) in [5, 5.41) is 4.42. The largest absolute Gasteiger partial charge is 0.321 e. The minimum Gasteiger partial charge on any atom is -0.321 e. The van der Waals surface area contributed by atoms with Crippen LogP contribution in [0.5, 0.6) is 0 Å². The quantitative estimate of drug-likeness (QED) is 0.636. The van der Waals surface area contributed by atoms with Crippen molar-refractivity contribution >= 4 is 45.9 Å². The normalized spacial score (nSPS) is 17.0. The van der Waals surface area contributed by atoms with Gasteiger partial charge in [0.15, 0.2) is 10.9 Å². The number of nitrogens with zero attached hydrogens (tertiary/aromatic N) is 2. The highest BCUT2D eigenvalue weighted by Crippen LogP contribution is 2.34. The van der Waals surface area contributed by atoms with E-state index < -0.39 is 0 Å². The maximum Gasteiger partial charge on any atom is 0.276 e. The smallest absolute Gasteiger partial charge is 0.276 e. The molecule has 2 aromatic rings. The number of carbonyl (C=O) groups excluding carboxylic acids is 1. The van der Waals surface area contributed by atoms with E-state index in [1.165, 1.54) is 0 Å². The summed E-state index contributed by atoms with van der Waals surface area (Å²) < 4.78 is 3.24. The number of hydrogen-bond donors (Lipinski definition) is 1. The second kappa shape index (κ2) is 5.77. The van der Waals surface area contributed by atoms with Crippen molar-refractivity contribution in [3.05, 3.63) is 41.7 Å². The lowest BCUT2D eigenvalue weighted by atomic mass is 10.3. The van der Waals surface area contributed by atoms with Gasteiger partial charge in [-0.2, -0.15) is 0 Å². The first kappa shape index (κ1) is 13.9. The second-order valence-electron chi connectivity index (χ2n) is 4.65. The third-order valence-electron chi connectivity index (χ3n) is 3.26. The molecule has 1 aliphatic heterocycles. The summed E-state index contributed by atoms with van der Waals surface area (Å²) in [6.07, 6.45) is 0. The number of rotatable bonds is 3. The Morgan fingerprint density at radius 2 is 2.25 bits per heavy atom. The SMILES string of the molecule is Cc1c(C(=O)Nc2ccccc2)nc2n1CC(CI)S2. The molecular weight excluding hydrogens is 385 g/mol. The number of amides is 1. The molecule has 2 heterocycles. The summed E-state index contributed by atoms with van der Waals surface area (Å²) in [4.78, 5) is 16.8. The fourth-order valence-electron chi connectivity index (χ4n) is 2.21. The predicted molar refractivity (Wildman–Crippen MR) is 89.9 cm³/mol. The van der Waals surface area contributed by atoms with Gasteiger partial charge in [0.2, 0.25) is 0 Å². The van der Waals surface area contributed by atoms with Crippen LogP contribution >= 0.6 is 34.4 Å². The molecule has 1 N–H and O–H groups in total. The van der Waals surface area contributed by atoms with Crippen molar-refractivity contribution in [3.8, 4) is 0 Å². The Balaban J connectivity index is 1.81. The van der Waals surface area contributed by atoms with Gasteiger partial charge in [0.05, 0.1) is 0 Å². The van der Waals surface area contributed by atoms with Gasteiger partial charge in [-0.1, -0.05) is 52.6 Å². The molecule has 0 bridgehead atoms. The van der Waals surface area contributed by atoms with E-state index in [1.54, 1.807) is 11.8 Å². The van der Waals surface area contributed by atoms with Crippen LogP contribution in [0.3, 0.4) is 0 Å². The molecular formula is C14H14IN3OS. The number of hydrogen-bond acceptors (Lipinski definition) is 3. The van der Waals surface area contributed by atoms with Crippen molar-refractivity contribution in [1.82, 2.24) is 9.55 Å². The highest BCUT2D eigenvalue weighted by molar-refractivity contribution is 14.1. The number of benzene rings is 1. The Bertz CT molecular complexity index is 641. The number of para-hydroxylation sites is 1. The molecule has 0 saturated carbocycles. The number of imidazole rings is 1. The fraction of sp³-hybridized carbons (Fsp3) is 0.286. The van der Waals surface area contributed by atoms with Crippen LogP contribution in [0.25, 0.3) is 0 Å². The van der Waals surface area contributed by atoms with Gasteiger partial charge in [-0.3, -0.25) is 4.79 Å². The third kappa shape index (κ3) is 2.58. The first-order valence-electron chi connectivity index (χ1n) is 6.35. The molecule has 1 aliphatic rings. The summed E-state index contributed by atoms with van der Waals surface area (Å²) in [5.74, 6) is -0.137. The van der Waals surface area contributed by atoms with Crippen LogP contribution in [0.4, 0.5) is 5.69 Å². The number of aromatic nitrogens is 2. The number of anilines is 1. The molecule has 0 fully saturated rings. The van der Waals surface area contributed by atoms with E-state index >= 15 is 0 Å². The topological polar surface area (TPSA) is 46.9 Å². The number of halogens is 1. The molecule has 104 valence electrons. The van der Waals surface area contributed by atoms with Crippen molar-refractivity contribution < 1.29 is 4.79 Å². The lowest BCUT2D eigenvalue weighted by Crippen LogP contribution is -2.15. The number of thioether (sulfide) groups is 1. The zero-order valence-corrected chi connectivity index (χ0v) is 13.9. The third-order valence-corrected chi connectivity index (χ3v) is 6.10. The van der Waals surface area contributed by atoms with E-state index in [1.807, 2.05) is 37.3 Å². The van der Waals surface area contributed by atoms with E-state index in [0.717, 1.165) is 27.5 Å². The number of alkyl halides is 1.